The number of ether oxygens (including phenoxy) is 1. The van der Waals surface area contributed by atoms with E-state index in [0.717, 1.165) is 7.11 Å². The maximum absolute atomic E-state index is 13.5. The SMILES string of the molecule is COC(=O)[C@H](N)c1cc(C(F)(F)F)cc(Cl)c1F. The van der Waals surface area contributed by atoms with Crippen molar-refractivity contribution in [1.82, 2.24) is 0 Å². The maximum atomic E-state index is 13.5. The molecular weight excluding hydrogens is 278 g/mol. The van der Waals surface area contributed by atoms with Crippen LogP contribution in [0.3, 0.4) is 0 Å². The molecule has 0 aliphatic carbocycles. The summed E-state index contributed by atoms with van der Waals surface area (Å²) in [6.07, 6.45) is -4.72. The second-order valence-corrected chi connectivity index (χ2v) is 3.77. The lowest BCUT2D eigenvalue weighted by Crippen LogP contribution is -2.24. The van der Waals surface area contributed by atoms with Gasteiger partial charge >= 0.3 is 12.1 Å². The van der Waals surface area contributed by atoms with E-state index in [1.807, 2.05) is 0 Å². The Morgan fingerprint density at radius 3 is 2.44 bits per heavy atom. The summed E-state index contributed by atoms with van der Waals surface area (Å²) < 4.78 is 55.2. The van der Waals surface area contributed by atoms with Gasteiger partial charge in [-0.1, -0.05) is 11.6 Å². The predicted octanol–water partition coefficient (Wildman–Crippen LogP) is 2.67. The summed E-state index contributed by atoms with van der Waals surface area (Å²) in [5.74, 6) is -2.24. The molecule has 0 bridgehead atoms. The normalized spacial score (nSPS) is 13.3. The summed E-state index contributed by atoms with van der Waals surface area (Å²) in [5.41, 5.74) is 3.43. The topological polar surface area (TPSA) is 52.3 Å². The first kappa shape index (κ1) is 14.7. The molecule has 0 fully saturated rings. The first-order valence-electron chi connectivity index (χ1n) is 4.58. The van der Waals surface area contributed by atoms with E-state index in [-0.39, 0.29) is 0 Å². The third-order valence-corrected chi connectivity index (χ3v) is 2.45. The molecule has 3 nitrogen and oxygen atoms in total. The van der Waals surface area contributed by atoms with Crippen LogP contribution in [0.25, 0.3) is 0 Å². The zero-order valence-electron chi connectivity index (χ0n) is 9.02. The van der Waals surface area contributed by atoms with Crippen molar-refractivity contribution < 1.29 is 27.1 Å². The van der Waals surface area contributed by atoms with E-state index in [1.54, 1.807) is 0 Å². The van der Waals surface area contributed by atoms with Gasteiger partial charge in [0, 0.05) is 5.56 Å². The molecule has 18 heavy (non-hydrogen) atoms. The summed E-state index contributed by atoms with van der Waals surface area (Å²) in [5, 5.41) is -0.765. The van der Waals surface area contributed by atoms with E-state index in [9.17, 15) is 22.4 Å². The minimum Gasteiger partial charge on any atom is -0.468 e. The zero-order valence-corrected chi connectivity index (χ0v) is 9.77. The third-order valence-electron chi connectivity index (χ3n) is 2.17. The number of hydrogen-bond acceptors (Lipinski definition) is 3. The number of methoxy groups -OCH3 is 1. The summed E-state index contributed by atoms with van der Waals surface area (Å²) in [6.45, 7) is 0. The Bertz CT molecular complexity index is 476. The highest BCUT2D eigenvalue weighted by molar-refractivity contribution is 6.30. The van der Waals surface area contributed by atoms with Crippen molar-refractivity contribution in [1.29, 1.82) is 0 Å². The van der Waals surface area contributed by atoms with Gasteiger partial charge in [-0.2, -0.15) is 13.2 Å². The van der Waals surface area contributed by atoms with Crippen molar-refractivity contribution in [2.24, 2.45) is 5.73 Å². The number of carbonyl (C=O) groups excluding carboxylic acids is 1. The number of carbonyl (C=O) groups is 1. The lowest BCUT2D eigenvalue weighted by Gasteiger charge is -2.14. The van der Waals surface area contributed by atoms with E-state index >= 15 is 0 Å². The lowest BCUT2D eigenvalue weighted by molar-refractivity contribution is -0.143. The van der Waals surface area contributed by atoms with Crippen molar-refractivity contribution in [2.75, 3.05) is 7.11 Å². The second kappa shape index (κ2) is 5.11. The average molecular weight is 286 g/mol. The molecule has 0 amide bonds. The first-order valence-corrected chi connectivity index (χ1v) is 4.95. The highest BCUT2D eigenvalue weighted by Gasteiger charge is 2.34. The highest BCUT2D eigenvalue weighted by atomic mass is 35.5. The Balaban J connectivity index is 3.35. The van der Waals surface area contributed by atoms with Crippen molar-refractivity contribution >= 4 is 17.6 Å². The van der Waals surface area contributed by atoms with Crippen LogP contribution in [0.5, 0.6) is 0 Å². The second-order valence-electron chi connectivity index (χ2n) is 3.36. The summed E-state index contributed by atoms with van der Waals surface area (Å²) in [6, 6.07) is -0.817. The minimum absolute atomic E-state index is 0.421. The fourth-order valence-corrected chi connectivity index (χ4v) is 1.48. The van der Waals surface area contributed by atoms with Gasteiger partial charge in [0.2, 0.25) is 0 Å². The smallest absolute Gasteiger partial charge is 0.416 e. The monoisotopic (exact) mass is 285 g/mol. The van der Waals surface area contributed by atoms with Gasteiger partial charge in [0.15, 0.2) is 0 Å². The lowest BCUT2D eigenvalue weighted by atomic mass is 10.0. The maximum Gasteiger partial charge on any atom is 0.416 e. The van der Waals surface area contributed by atoms with Gasteiger partial charge in [0.05, 0.1) is 17.7 Å². The van der Waals surface area contributed by atoms with Crippen molar-refractivity contribution in [3.63, 3.8) is 0 Å². The van der Waals surface area contributed by atoms with E-state index in [2.05, 4.69) is 4.74 Å². The average Bonchev–Trinajstić information content (AvgIpc) is 2.29. The van der Waals surface area contributed by atoms with Gasteiger partial charge in [-0.05, 0) is 12.1 Å². The number of esters is 1. The summed E-state index contributed by atoms with van der Waals surface area (Å²) >= 11 is 5.33. The van der Waals surface area contributed by atoms with Crippen LogP contribution >= 0.6 is 11.6 Å². The summed E-state index contributed by atoms with van der Waals surface area (Å²) in [4.78, 5) is 11.1. The minimum atomic E-state index is -4.72. The molecule has 2 N–H and O–H groups in total. The van der Waals surface area contributed by atoms with Crippen molar-refractivity contribution in [3.8, 4) is 0 Å². The fraction of sp³-hybridized carbons (Fsp3) is 0.300. The molecular formula is C10H8ClF4NO2. The quantitative estimate of drug-likeness (QED) is 0.671. The largest absolute Gasteiger partial charge is 0.468 e. The Morgan fingerprint density at radius 2 is 2.00 bits per heavy atom. The molecule has 0 saturated heterocycles. The number of halogens is 5. The van der Waals surface area contributed by atoms with Crippen LogP contribution in [-0.2, 0) is 15.7 Å². The Morgan fingerprint density at radius 1 is 1.44 bits per heavy atom. The van der Waals surface area contributed by atoms with Crippen LogP contribution < -0.4 is 5.73 Å². The third kappa shape index (κ3) is 2.91. The number of nitrogens with two attached hydrogens (primary N) is 1. The van der Waals surface area contributed by atoms with E-state index < -0.39 is 40.2 Å². The number of rotatable bonds is 2. The Hall–Kier alpha value is -1.34. The Kier molecular flexibility index (Phi) is 4.18. The molecule has 8 heteroatoms. The van der Waals surface area contributed by atoms with Gasteiger partial charge in [-0.25, -0.2) is 4.39 Å². The van der Waals surface area contributed by atoms with Gasteiger partial charge < -0.3 is 10.5 Å². The van der Waals surface area contributed by atoms with Crippen LogP contribution in [0.2, 0.25) is 5.02 Å². The van der Waals surface area contributed by atoms with E-state index in [4.69, 9.17) is 17.3 Å². The van der Waals surface area contributed by atoms with Gasteiger partial charge in [0.25, 0.3) is 0 Å². The molecule has 0 spiro atoms. The molecule has 100 valence electrons. The van der Waals surface area contributed by atoms with Crippen LogP contribution in [0.1, 0.15) is 17.2 Å². The molecule has 0 unspecified atom stereocenters. The molecule has 0 saturated carbocycles. The number of alkyl halides is 3. The predicted molar refractivity (Wildman–Crippen MR) is 55.4 cm³/mol. The molecule has 0 aliphatic rings. The van der Waals surface area contributed by atoms with E-state index in [1.165, 1.54) is 0 Å². The van der Waals surface area contributed by atoms with Crippen molar-refractivity contribution in [2.45, 2.75) is 12.2 Å². The number of hydrogen-bond donors (Lipinski definition) is 1. The van der Waals surface area contributed by atoms with Crippen LogP contribution in [0.15, 0.2) is 12.1 Å². The molecule has 1 aromatic rings. The van der Waals surface area contributed by atoms with E-state index in [0.29, 0.717) is 12.1 Å². The summed E-state index contributed by atoms with van der Waals surface area (Å²) in [7, 11) is 0.981. The van der Waals surface area contributed by atoms with Gasteiger partial charge in [-0.15, -0.1) is 0 Å². The molecule has 0 radical (unpaired) electrons. The van der Waals surface area contributed by atoms with Crippen molar-refractivity contribution in [3.05, 3.63) is 34.1 Å². The van der Waals surface area contributed by atoms with Gasteiger partial charge in [0.1, 0.15) is 11.9 Å². The van der Waals surface area contributed by atoms with Crippen LogP contribution in [-0.4, -0.2) is 13.1 Å². The molecule has 0 heterocycles. The molecule has 1 aromatic carbocycles. The molecule has 1 rings (SSSR count). The Labute approximate surface area is 104 Å². The van der Waals surface area contributed by atoms with Crippen LogP contribution in [0, 0.1) is 5.82 Å². The molecule has 0 aromatic heterocycles. The standard InChI is InChI=1S/C10H8ClF4NO2/c1-18-9(17)8(16)5-2-4(10(13,14)15)3-6(11)7(5)12/h2-3,8H,16H2,1H3/t8-/m1/s1. The fourth-order valence-electron chi connectivity index (χ4n) is 1.25. The van der Waals surface area contributed by atoms with Crippen LogP contribution in [0.4, 0.5) is 17.6 Å². The zero-order chi connectivity index (χ0) is 14.1. The molecule has 0 aliphatic heterocycles. The van der Waals surface area contributed by atoms with Gasteiger partial charge in [-0.3, -0.25) is 4.79 Å². The number of benzene rings is 1. The molecule has 1 atom stereocenters. The first-order chi connectivity index (χ1) is 8.18. The highest BCUT2D eigenvalue weighted by Crippen LogP contribution is 2.34.